The van der Waals surface area contributed by atoms with Crippen LogP contribution in [0.5, 0.6) is 0 Å². The van der Waals surface area contributed by atoms with Crippen molar-refractivity contribution >= 4 is 0 Å². The molecule has 2 nitrogen and oxygen atoms in total. The quantitative estimate of drug-likeness (QED) is 0.659. The van der Waals surface area contributed by atoms with Gasteiger partial charge >= 0.3 is 0 Å². The maximum absolute atomic E-state index is 9.85. The lowest BCUT2D eigenvalue weighted by atomic mass is 9.69. The molecule has 1 saturated carbocycles. The van der Waals surface area contributed by atoms with Gasteiger partial charge in [0.1, 0.15) is 0 Å². The van der Waals surface area contributed by atoms with Crippen molar-refractivity contribution in [1.82, 2.24) is 0 Å². The minimum Gasteiger partial charge on any atom is -0.396 e. The Morgan fingerprint density at radius 1 is 1.11 bits per heavy atom. The van der Waals surface area contributed by atoms with Gasteiger partial charge in [0, 0.05) is 5.41 Å². The molecule has 1 fully saturated rings. The zero-order valence-electron chi connectivity index (χ0n) is 12.3. The number of unbranched alkanes of at least 4 members (excludes halogenated alkanes) is 1. The molecule has 0 spiro atoms. The lowest BCUT2D eigenvalue weighted by molar-refractivity contribution is -0.0157. The van der Waals surface area contributed by atoms with E-state index in [9.17, 15) is 10.2 Å². The molecule has 1 aliphatic rings. The maximum Gasteiger partial charge on any atom is 0.0512 e. The highest BCUT2D eigenvalue weighted by molar-refractivity contribution is 4.90. The van der Waals surface area contributed by atoms with Crippen molar-refractivity contribution in [3.63, 3.8) is 0 Å². The average Bonchev–Trinajstić information content (AvgIpc) is 2.94. The number of aliphatic hydroxyl groups is 2. The fourth-order valence-electron chi connectivity index (χ4n) is 3.66. The molecule has 0 aliphatic heterocycles. The molecule has 0 radical (unpaired) electrons. The summed E-state index contributed by atoms with van der Waals surface area (Å²) in [4.78, 5) is 0. The van der Waals surface area contributed by atoms with Crippen molar-refractivity contribution in [1.29, 1.82) is 0 Å². The van der Waals surface area contributed by atoms with Gasteiger partial charge in [-0.1, -0.05) is 52.4 Å². The number of rotatable bonds is 9. The molecular weight excluding hydrogens is 224 g/mol. The van der Waals surface area contributed by atoms with Gasteiger partial charge in [-0.25, -0.2) is 0 Å². The summed E-state index contributed by atoms with van der Waals surface area (Å²) in [7, 11) is 0. The predicted octanol–water partition coefficient (Wildman–Crippen LogP) is 3.75. The molecule has 108 valence electrons. The van der Waals surface area contributed by atoms with Crippen molar-refractivity contribution in [2.75, 3.05) is 13.2 Å². The Morgan fingerprint density at radius 2 is 1.72 bits per heavy atom. The molecule has 2 heteroatoms. The molecule has 0 aromatic heterocycles. The van der Waals surface area contributed by atoms with E-state index in [0.717, 1.165) is 6.42 Å². The summed E-state index contributed by atoms with van der Waals surface area (Å²) >= 11 is 0. The molecule has 1 rings (SSSR count). The predicted molar refractivity (Wildman–Crippen MR) is 76.5 cm³/mol. The first kappa shape index (κ1) is 16.0. The van der Waals surface area contributed by atoms with Crippen LogP contribution in [-0.2, 0) is 0 Å². The first-order valence-corrected chi connectivity index (χ1v) is 7.94. The van der Waals surface area contributed by atoms with Gasteiger partial charge in [0.05, 0.1) is 13.2 Å². The monoisotopic (exact) mass is 256 g/mol. The zero-order valence-corrected chi connectivity index (χ0v) is 12.3. The Morgan fingerprint density at radius 3 is 2.17 bits per heavy atom. The van der Waals surface area contributed by atoms with E-state index < -0.39 is 0 Å². The maximum atomic E-state index is 9.85. The van der Waals surface area contributed by atoms with Gasteiger partial charge in [0.2, 0.25) is 0 Å². The highest BCUT2D eigenvalue weighted by atomic mass is 16.3. The SMILES string of the molecule is CCCCC(CC)CC(CO)(CO)C1CCCC1. The summed E-state index contributed by atoms with van der Waals surface area (Å²) in [5, 5.41) is 19.7. The lowest BCUT2D eigenvalue weighted by Crippen LogP contribution is -2.39. The van der Waals surface area contributed by atoms with Gasteiger partial charge in [0.15, 0.2) is 0 Å². The fourth-order valence-corrected chi connectivity index (χ4v) is 3.66. The number of hydrogen-bond acceptors (Lipinski definition) is 2. The van der Waals surface area contributed by atoms with Crippen LogP contribution < -0.4 is 0 Å². The van der Waals surface area contributed by atoms with E-state index in [-0.39, 0.29) is 18.6 Å². The van der Waals surface area contributed by atoms with Crippen molar-refractivity contribution in [3.8, 4) is 0 Å². The van der Waals surface area contributed by atoms with Gasteiger partial charge in [-0.3, -0.25) is 0 Å². The summed E-state index contributed by atoms with van der Waals surface area (Å²) in [6, 6.07) is 0. The second-order valence-electron chi connectivity index (χ2n) is 6.28. The first-order valence-electron chi connectivity index (χ1n) is 7.94. The summed E-state index contributed by atoms with van der Waals surface area (Å²) in [6.45, 7) is 4.80. The van der Waals surface area contributed by atoms with E-state index in [0.29, 0.717) is 11.8 Å². The molecule has 18 heavy (non-hydrogen) atoms. The van der Waals surface area contributed by atoms with E-state index in [1.165, 1.54) is 51.4 Å². The van der Waals surface area contributed by atoms with Gasteiger partial charge in [-0.05, 0) is 31.1 Å². The third kappa shape index (κ3) is 3.96. The minimum absolute atomic E-state index is 0.163. The molecule has 0 saturated heterocycles. The first-order chi connectivity index (χ1) is 8.72. The molecule has 2 N–H and O–H groups in total. The van der Waals surface area contributed by atoms with Gasteiger partial charge in [-0.15, -0.1) is 0 Å². The van der Waals surface area contributed by atoms with Crippen LogP contribution >= 0.6 is 0 Å². The van der Waals surface area contributed by atoms with E-state index >= 15 is 0 Å². The van der Waals surface area contributed by atoms with Crippen LogP contribution in [0.2, 0.25) is 0 Å². The van der Waals surface area contributed by atoms with Crippen LogP contribution in [0.1, 0.15) is 71.6 Å². The highest BCUT2D eigenvalue weighted by Crippen LogP contribution is 2.44. The summed E-state index contributed by atoms with van der Waals surface area (Å²) in [5.74, 6) is 1.22. The van der Waals surface area contributed by atoms with Crippen molar-refractivity contribution in [3.05, 3.63) is 0 Å². The molecule has 0 bridgehead atoms. The average molecular weight is 256 g/mol. The van der Waals surface area contributed by atoms with Crippen LogP contribution in [0.3, 0.4) is 0 Å². The number of aliphatic hydroxyl groups excluding tert-OH is 2. The minimum atomic E-state index is -0.203. The summed E-state index contributed by atoms with van der Waals surface area (Å²) in [6.07, 6.45) is 10.9. The molecule has 0 amide bonds. The third-order valence-corrected chi connectivity index (χ3v) is 5.09. The Hall–Kier alpha value is -0.0800. The second kappa shape index (κ2) is 8.16. The topological polar surface area (TPSA) is 40.5 Å². The molecule has 1 aliphatic carbocycles. The zero-order chi connectivity index (χ0) is 13.4. The van der Waals surface area contributed by atoms with Crippen molar-refractivity contribution in [2.24, 2.45) is 17.3 Å². The molecule has 1 atom stereocenters. The largest absolute Gasteiger partial charge is 0.396 e. The van der Waals surface area contributed by atoms with Crippen LogP contribution in [0, 0.1) is 17.3 Å². The Labute approximate surface area is 113 Å². The normalized spacial score (nSPS) is 19.3. The standard InChI is InChI=1S/C16H32O2/c1-3-5-8-14(4-2)11-16(12-17,13-18)15-9-6-7-10-15/h14-15,17-18H,3-13H2,1-2H3. The molecule has 1 unspecified atom stereocenters. The van der Waals surface area contributed by atoms with E-state index in [4.69, 9.17) is 0 Å². The van der Waals surface area contributed by atoms with E-state index in [2.05, 4.69) is 13.8 Å². The van der Waals surface area contributed by atoms with Gasteiger partial charge < -0.3 is 10.2 Å². The summed E-state index contributed by atoms with van der Waals surface area (Å²) < 4.78 is 0. The summed E-state index contributed by atoms with van der Waals surface area (Å²) in [5.41, 5.74) is -0.203. The molecule has 0 aromatic carbocycles. The van der Waals surface area contributed by atoms with Crippen molar-refractivity contribution in [2.45, 2.75) is 71.6 Å². The third-order valence-electron chi connectivity index (χ3n) is 5.09. The van der Waals surface area contributed by atoms with Gasteiger partial charge in [-0.2, -0.15) is 0 Å². The van der Waals surface area contributed by atoms with Crippen molar-refractivity contribution < 1.29 is 10.2 Å². The Bertz CT molecular complexity index is 205. The Kier molecular flexibility index (Phi) is 7.25. The van der Waals surface area contributed by atoms with Crippen LogP contribution in [-0.4, -0.2) is 23.4 Å². The van der Waals surface area contributed by atoms with Gasteiger partial charge in [0.25, 0.3) is 0 Å². The Balaban J connectivity index is 2.64. The number of hydrogen-bond donors (Lipinski definition) is 2. The van der Waals surface area contributed by atoms with Crippen LogP contribution in [0.4, 0.5) is 0 Å². The molecule has 0 heterocycles. The highest BCUT2D eigenvalue weighted by Gasteiger charge is 2.40. The van der Waals surface area contributed by atoms with Crippen LogP contribution in [0.15, 0.2) is 0 Å². The van der Waals surface area contributed by atoms with E-state index in [1.807, 2.05) is 0 Å². The second-order valence-corrected chi connectivity index (χ2v) is 6.28. The van der Waals surface area contributed by atoms with E-state index in [1.54, 1.807) is 0 Å². The smallest absolute Gasteiger partial charge is 0.0512 e. The lowest BCUT2D eigenvalue weighted by Gasteiger charge is -2.39. The molecular formula is C16H32O2. The fraction of sp³-hybridized carbons (Fsp3) is 1.00. The van der Waals surface area contributed by atoms with Crippen LogP contribution in [0.25, 0.3) is 0 Å². The molecule has 0 aromatic rings.